The topological polar surface area (TPSA) is 93.2 Å². The van der Waals surface area contributed by atoms with Crippen molar-refractivity contribution in [3.05, 3.63) is 48.0 Å². The predicted octanol–water partition coefficient (Wildman–Crippen LogP) is 5.43. The van der Waals surface area contributed by atoms with Crippen molar-refractivity contribution < 1.29 is 26.3 Å². The van der Waals surface area contributed by atoms with Gasteiger partial charge in [-0.3, -0.25) is 0 Å². The summed E-state index contributed by atoms with van der Waals surface area (Å²) in [5.74, 6) is 1.33. The highest BCUT2D eigenvalue weighted by Gasteiger charge is 2.37. The van der Waals surface area contributed by atoms with Crippen LogP contribution in [0.3, 0.4) is 0 Å². The predicted molar refractivity (Wildman–Crippen MR) is 152 cm³/mol. The molecule has 1 saturated heterocycles. The Kier molecular flexibility index (Phi) is 9.62. The molecule has 0 aromatic heterocycles. The standard InChI is InChI=1S/C29H42N2O6S2/c1-5-24-11-8-9-19-30(24)38(32,33)25-14-16-26(17-15-25)39(34,35)31(27-12-7-6-10-22(27)2)21-23-13-18-28(36-3)29(20-23)37-4/h13-18,20,22,24,27H,5-12,19,21H2,1-4H3/t22-,24-,27-/m1/s1. The fourth-order valence-electron chi connectivity index (χ4n) is 6.02. The number of benzene rings is 2. The summed E-state index contributed by atoms with van der Waals surface area (Å²) in [6, 6.07) is 11.1. The summed E-state index contributed by atoms with van der Waals surface area (Å²) in [5, 5.41) is 0. The quantitative estimate of drug-likeness (QED) is 0.373. The number of hydrogen-bond acceptors (Lipinski definition) is 6. The van der Waals surface area contributed by atoms with Gasteiger partial charge < -0.3 is 9.47 Å². The average molecular weight is 579 g/mol. The summed E-state index contributed by atoms with van der Waals surface area (Å²) < 4.78 is 69.1. The van der Waals surface area contributed by atoms with Crippen LogP contribution in [0.5, 0.6) is 11.5 Å². The Morgan fingerprint density at radius 1 is 0.846 bits per heavy atom. The van der Waals surface area contributed by atoms with Crippen LogP contribution in [-0.2, 0) is 26.6 Å². The molecule has 0 radical (unpaired) electrons. The van der Waals surface area contributed by atoms with Crippen LogP contribution in [0, 0.1) is 5.92 Å². The smallest absolute Gasteiger partial charge is 0.243 e. The van der Waals surface area contributed by atoms with Crippen LogP contribution in [0.1, 0.15) is 70.8 Å². The molecular weight excluding hydrogens is 536 g/mol. The van der Waals surface area contributed by atoms with Crippen molar-refractivity contribution >= 4 is 20.0 Å². The van der Waals surface area contributed by atoms with Gasteiger partial charge in [0.05, 0.1) is 24.0 Å². The second kappa shape index (κ2) is 12.6. The Hall–Kier alpha value is -2.14. The van der Waals surface area contributed by atoms with Crippen LogP contribution in [0.2, 0.25) is 0 Å². The summed E-state index contributed by atoms with van der Waals surface area (Å²) in [6.45, 7) is 4.80. The van der Waals surface area contributed by atoms with Crippen LogP contribution in [-0.4, -0.2) is 58.3 Å². The number of hydrogen-bond donors (Lipinski definition) is 0. The van der Waals surface area contributed by atoms with Crippen molar-refractivity contribution in [3.63, 3.8) is 0 Å². The number of methoxy groups -OCH3 is 2. The summed E-state index contributed by atoms with van der Waals surface area (Å²) in [5.41, 5.74) is 0.795. The SMILES string of the molecule is CC[C@@H]1CCCCN1S(=O)(=O)c1ccc(S(=O)(=O)N(Cc2ccc(OC)c(OC)c2)[C@@H]2CCCC[C@H]2C)cc1. The van der Waals surface area contributed by atoms with E-state index < -0.39 is 20.0 Å². The maximum Gasteiger partial charge on any atom is 0.243 e. The molecule has 0 spiro atoms. The lowest BCUT2D eigenvalue weighted by molar-refractivity contribution is 0.185. The lowest BCUT2D eigenvalue weighted by Gasteiger charge is -2.38. The van der Waals surface area contributed by atoms with E-state index in [9.17, 15) is 16.8 Å². The maximum absolute atomic E-state index is 14.1. The van der Waals surface area contributed by atoms with Gasteiger partial charge in [0, 0.05) is 25.2 Å². The first-order valence-corrected chi connectivity index (χ1v) is 16.9. The monoisotopic (exact) mass is 578 g/mol. The molecule has 4 rings (SSSR count). The Bertz CT molecular complexity index is 1330. The van der Waals surface area contributed by atoms with Crippen molar-refractivity contribution in [3.8, 4) is 11.5 Å². The molecule has 1 aliphatic carbocycles. The number of sulfonamides is 2. The minimum atomic E-state index is -3.92. The van der Waals surface area contributed by atoms with E-state index in [-0.39, 0.29) is 34.3 Å². The zero-order valence-corrected chi connectivity index (χ0v) is 25.1. The van der Waals surface area contributed by atoms with Crippen molar-refractivity contribution in [1.29, 1.82) is 0 Å². The second-order valence-electron chi connectivity index (χ2n) is 10.7. The summed E-state index contributed by atoms with van der Waals surface area (Å²) in [7, 11) is -4.49. The molecule has 0 amide bonds. The molecule has 1 saturated carbocycles. The van der Waals surface area contributed by atoms with Gasteiger partial charge in [0.2, 0.25) is 20.0 Å². The third-order valence-corrected chi connectivity index (χ3v) is 12.2. The highest BCUT2D eigenvalue weighted by atomic mass is 32.2. The Balaban J connectivity index is 1.67. The minimum absolute atomic E-state index is 0.0167. The van der Waals surface area contributed by atoms with Gasteiger partial charge in [-0.15, -0.1) is 0 Å². The van der Waals surface area contributed by atoms with Gasteiger partial charge in [0.15, 0.2) is 11.5 Å². The van der Waals surface area contributed by atoms with E-state index in [1.54, 1.807) is 28.9 Å². The first-order valence-electron chi connectivity index (χ1n) is 14.0. The van der Waals surface area contributed by atoms with Gasteiger partial charge in [-0.05, 0) is 80.0 Å². The molecule has 2 aliphatic rings. The lowest BCUT2D eigenvalue weighted by atomic mass is 9.86. The van der Waals surface area contributed by atoms with Gasteiger partial charge in [-0.1, -0.05) is 39.2 Å². The molecule has 0 unspecified atom stereocenters. The van der Waals surface area contributed by atoms with E-state index >= 15 is 0 Å². The first-order chi connectivity index (χ1) is 18.6. The highest BCUT2D eigenvalue weighted by molar-refractivity contribution is 7.89. The lowest BCUT2D eigenvalue weighted by Crippen LogP contribution is -2.44. The van der Waals surface area contributed by atoms with Crippen molar-refractivity contribution in [2.24, 2.45) is 5.92 Å². The van der Waals surface area contributed by atoms with Crippen molar-refractivity contribution in [2.45, 2.75) is 93.6 Å². The maximum atomic E-state index is 14.1. The summed E-state index contributed by atoms with van der Waals surface area (Å²) in [6.07, 6.45) is 7.29. The van der Waals surface area contributed by atoms with Crippen molar-refractivity contribution in [1.82, 2.24) is 8.61 Å². The highest BCUT2D eigenvalue weighted by Crippen LogP contribution is 2.35. The Labute approximate surface area is 234 Å². The molecule has 1 aliphatic heterocycles. The minimum Gasteiger partial charge on any atom is -0.493 e. The van der Waals surface area contributed by atoms with Gasteiger partial charge >= 0.3 is 0 Å². The molecule has 2 aromatic carbocycles. The van der Waals surface area contributed by atoms with Gasteiger partial charge in [0.25, 0.3) is 0 Å². The fraction of sp³-hybridized carbons (Fsp3) is 0.586. The van der Waals surface area contributed by atoms with Gasteiger partial charge in [-0.25, -0.2) is 16.8 Å². The first kappa shape index (κ1) is 29.8. The summed E-state index contributed by atoms with van der Waals surface area (Å²) >= 11 is 0. The largest absolute Gasteiger partial charge is 0.493 e. The summed E-state index contributed by atoms with van der Waals surface area (Å²) in [4.78, 5) is 0.240. The van der Waals surface area contributed by atoms with Gasteiger partial charge in [-0.2, -0.15) is 8.61 Å². The van der Waals surface area contributed by atoms with E-state index in [4.69, 9.17) is 9.47 Å². The van der Waals surface area contributed by atoms with Crippen molar-refractivity contribution in [2.75, 3.05) is 20.8 Å². The zero-order chi connectivity index (χ0) is 28.2. The zero-order valence-electron chi connectivity index (χ0n) is 23.5. The fourth-order valence-corrected chi connectivity index (χ4v) is 9.52. The molecular formula is C29H42N2O6S2. The average Bonchev–Trinajstić information content (AvgIpc) is 2.96. The Morgan fingerprint density at radius 2 is 1.49 bits per heavy atom. The molecule has 8 nitrogen and oxygen atoms in total. The molecule has 1 heterocycles. The number of ether oxygens (including phenoxy) is 2. The molecule has 0 bridgehead atoms. The second-order valence-corrected chi connectivity index (χ2v) is 14.5. The number of rotatable bonds is 10. The van der Waals surface area contributed by atoms with Crippen LogP contribution in [0.25, 0.3) is 0 Å². The molecule has 0 N–H and O–H groups in total. The third-order valence-electron chi connectivity index (χ3n) is 8.30. The Morgan fingerprint density at radius 3 is 2.13 bits per heavy atom. The van der Waals surface area contributed by atoms with Crippen LogP contribution < -0.4 is 9.47 Å². The molecule has 216 valence electrons. The number of piperidine rings is 1. The van der Waals surface area contributed by atoms with E-state index in [1.807, 2.05) is 19.1 Å². The van der Waals surface area contributed by atoms with Crippen LogP contribution in [0.4, 0.5) is 0 Å². The molecule has 3 atom stereocenters. The normalized spacial score (nSPS) is 23.1. The molecule has 2 aromatic rings. The number of nitrogens with zero attached hydrogens (tertiary/aromatic N) is 2. The van der Waals surface area contributed by atoms with E-state index in [2.05, 4.69) is 6.92 Å². The molecule has 39 heavy (non-hydrogen) atoms. The van der Waals surface area contributed by atoms with E-state index in [0.29, 0.717) is 18.0 Å². The van der Waals surface area contributed by atoms with Crippen LogP contribution >= 0.6 is 0 Å². The van der Waals surface area contributed by atoms with E-state index in [0.717, 1.165) is 56.9 Å². The third kappa shape index (κ3) is 6.29. The molecule has 2 fully saturated rings. The van der Waals surface area contributed by atoms with E-state index in [1.165, 1.54) is 24.3 Å². The molecule has 10 heteroatoms. The van der Waals surface area contributed by atoms with Crippen LogP contribution in [0.15, 0.2) is 52.3 Å². The van der Waals surface area contributed by atoms with Gasteiger partial charge in [0.1, 0.15) is 0 Å².